The molecule has 0 spiro atoms. The van der Waals surface area contributed by atoms with Crippen LogP contribution >= 0.6 is 12.2 Å². The summed E-state index contributed by atoms with van der Waals surface area (Å²) in [4.78, 5) is 7.48. The average molecular weight is 292 g/mol. The van der Waals surface area contributed by atoms with E-state index in [-0.39, 0.29) is 0 Å². The third kappa shape index (κ3) is 3.90. The maximum absolute atomic E-state index is 5.77. The Kier molecular flexibility index (Phi) is 5.31. The Morgan fingerprint density at radius 2 is 2.15 bits per heavy atom. The van der Waals surface area contributed by atoms with Gasteiger partial charge >= 0.3 is 0 Å². The Labute approximate surface area is 126 Å². The predicted octanol–water partition coefficient (Wildman–Crippen LogP) is 2.31. The van der Waals surface area contributed by atoms with Crippen LogP contribution in [0.2, 0.25) is 0 Å². The number of nitrogens with zero attached hydrogens (tertiary/aromatic N) is 2. The highest BCUT2D eigenvalue weighted by molar-refractivity contribution is 7.80. The molecule has 0 bridgehead atoms. The molecule has 3 N–H and O–H groups in total. The first-order valence-electron chi connectivity index (χ1n) is 7.36. The summed E-state index contributed by atoms with van der Waals surface area (Å²) in [6.45, 7) is 7.72. The highest BCUT2D eigenvalue weighted by Gasteiger charge is 2.20. The predicted molar refractivity (Wildman–Crippen MR) is 88.2 cm³/mol. The zero-order valence-electron chi connectivity index (χ0n) is 12.4. The Morgan fingerprint density at radius 3 is 2.75 bits per heavy atom. The van der Waals surface area contributed by atoms with Crippen LogP contribution in [-0.4, -0.2) is 40.5 Å². The molecule has 4 nitrogen and oxygen atoms in total. The second-order valence-electron chi connectivity index (χ2n) is 5.47. The summed E-state index contributed by atoms with van der Waals surface area (Å²) in [5.41, 5.74) is 7.61. The first kappa shape index (κ1) is 15.2. The van der Waals surface area contributed by atoms with Crippen molar-refractivity contribution in [2.45, 2.75) is 39.2 Å². The van der Waals surface area contributed by atoms with Crippen molar-refractivity contribution in [3.63, 3.8) is 0 Å². The van der Waals surface area contributed by atoms with Crippen LogP contribution in [0.3, 0.4) is 0 Å². The molecule has 0 radical (unpaired) electrons. The quantitative estimate of drug-likeness (QED) is 0.816. The number of rotatable bonds is 5. The molecule has 1 aliphatic rings. The molecule has 5 heteroatoms. The van der Waals surface area contributed by atoms with Crippen molar-refractivity contribution in [2.24, 2.45) is 5.73 Å². The largest absolute Gasteiger partial charge is 0.389 e. The molecule has 20 heavy (non-hydrogen) atoms. The maximum Gasteiger partial charge on any atom is 0.136 e. The van der Waals surface area contributed by atoms with E-state index in [9.17, 15) is 0 Å². The van der Waals surface area contributed by atoms with E-state index in [1.807, 2.05) is 19.1 Å². The number of nitrogens with two attached hydrogens (primary N) is 1. The van der Waals surface area contributed by atoms with Gasteiger partial charge in [-0.25, -0.2) is 4.98 Å². The van der Waals surface area contributed by atoms with E-state index >= 15 is 0 Å². The molecule has 0 atom stereocenters. The van der Waals surface area contributed by atoms with E-state index in [0.29, 0.717) is 11.0 Å². The molecule has 110 valence electrons. The highest BCUT2D eigenvalue weighted by Crippen LogP contribution is 2.19. The Bertz CT molecular complexity index is 467. The zero-order valence-corrected chi connectivity index (χ0v) is 13.2. The second kappa shape index (κ2) is 6.99. The lowest BCUT2D eigenvalue weighted by atomic mass is 10.0. The van der Waals surface area contributed by atoms with Crippen LogP contribution in [0.25, 0.3) is 0 Å². The summed E-state index contributed by atoms with van der Waals surface area (Å²) >= 11 is 5.10. The van der Waals surface area contributed by atoms with Crippen molar-refractivity contribution in [2.75, 3.05) is 25.0 Å². The summed E-state index contributed by atoms with van der Waals surface area (Å²) in [7, 11) is 0. The summed E-state index contributed by atoms with van der Waals surface area (Å²) in [5, 5.41) is 3.53. The second-order valence-corrected chi connectivity index (χ2v) is 5.91. The summed E-state index contributed by atoms with van der Waals surface area (Å²) in [6, 6.07) is 4.37. The van der Waals surface area contributed by atoms with Gasteiger partial charge < -0.3 is 16.0 Å². The van der Waals surface area contributed by atoms with Gasteiger partial charge in [0.05, 0.1) is 5.56 Å². The van der Waals surface area contributed by atoms with E-state index in [0.717, 1.165) is 43.0 Å². The van der Waals surface area contributed by atoms with Gasteiger partial charge in [0.2, 0.25) is 0 Å². The van der Waals surface area contributed by atoms with Crippen molar-refractivity contribution in [1.29, 1.82) is 0 Å². The Hall–Kier alpha value is -1.20. The number of pyridine rings is 1. The fraction of sp³-hybridized carbons (Fsp3) is 0.600. The molecule has 1 aromatic rings. The van der Waals surface area contributed by atoms with Crippen molar-refractivity contribution in [1.82, 2.24) is 9.88 Å². The van der Waals surface area contributed by atoms with E-state index in [1.54, 1.807) is 0 Å². The molecule has 0 amide bonds. The minimum atomic E-state index is 0.406. The molecule has 0 unspecified atom stereocenters. The maximum atomic E-state index is 5.77. The van der Waals surface area contributed by atoms with E-state index in [4.69, 9.17) is 18.0 Å². The van der Waals surface area contributed by atoms with Crippen molar-refractivity contribution in [3.05, 3.63) is 23.4 Å². The van der Waals surface area contributed by atoms with Crippen LogP contribution in [0, 0.1) is 6.92 Å². The van der Waals surface area contributed by atoms with Crippen LogP contribution < -0.4 is 11.1 Å². The summed E-state index contributed by atoms with van der Waals surface area (Å²) in [6.07, 6.45) is 3.52. The molecule has 2 rings (SSSR count). The Morgan fingerprint density at radius 1 is 1.45 bits per heavy atom. The monoisotopic (exact) mass is 292 g/mol. The lowest BCUT2D eigenvalue weighted by Gasteiger charge is -2.32. The Balaban J connectivity index is 2.00. The lowest BCUT2D eigenvalue weighted by molar-refractivity contribution is 0.219. The SMILES string of the molecule is CCCN1CCC(Nc2nc(C)ccc2C(N)=S)CC1. The van der Waals surface area contributed by atoms with Crippen molar-refractivity contribution < 1.29 is 0 Å². The minimum absolute atomic E-state index is 0.406. The number of anilines is 1. The number of thiocarbonyl (C=S) groups is 1. The standard InChI is InChI=1S/C15H24N4S/c1-3-8-19-9-6-12(7-10-19)18-15-13(14(16)20)5-4-11(2)17-15/h4-5,12H,3,6-10H2,1-2H3,(H2,16,20)(H,17,18). The van der Waals surface area contributed by atoms with Gasteiger partial charge in [0.15, 0.2) is 0 Å². The average Bonchev–Trinajstić information content (AvgIpc) is 2.41. The lowest BCUT2D eigenvalue weighted by Crippen LogP contribution is -2.39. The zero-order chi connectivity index (χ0) is 14.5. The van der Waals surface area contributed by atoms with E-state index in [2.05, 4.69) is 22.1 Å². The number of aryl methyl sites for hydroxylation is 1. The normalized spacial score (nSPS) is 17.1. The molecule has 0 saturated carbocycles. The summed E-state index contributed by atoms with van der Waals surface area (Å²) < 4.78 is 0. The van der Waals surface area contributed by atoms with Gasteiger partial charge in [-0.3, -0.25) is 0 Å². The molecule has 1 aliphatic heterocycles. The van der Waals surface area contributed by atoms with Crippen molar-refractivity contribution >= 4 is 23.0 Å². The van der Waals surface area contributed by atoms with Crippen molar-refractivity contribution in [3.8, 4) is 0 Å². The van der Waals surface area contributed by atoms with Gasteiger partial charge in [-0.05, 0) is 44.9 Å². The van der Waals surface area contributed by atoms with E-state index < -0.39 is 0 Å². The third-order valence-electron chi connectivity index (χ3n) is 3.77. The number of nitrogens with one attached hydrogen (secondary N) is 1. The van der Waals surface area contributed by atoms with Gasteiger partial charge in [0.1, 0.15) is 10.8 Å². The van der Waals surface area contributed by atoms with Crippen LogP contribution in [-0.2, 0) is 0 Å². The van der Waals surface area contributed by atoms with E-state index in [1.165, 1.54) is 13.0 Å². The van der Waals surface area contributed by atoms with Crippen LogP contribution in [0.5, 0.6) is 0 Å². The molecular weight excluding hydrogens is 268 g/mol. The smallest absolute Gasteiger partial charge is 0.136 e. The number of likely N-dealkylation sites (tertiary alicyclic amines) is 1. The molecular formula is C15H24N4S. The van der Waals surface area contributed by atoms with Gasteiger partial charge in [0.25, 0.3) is 0 Å². The molecule has 1 saturated heterocycles. The van der Waals surface area contributed by atoms with Gasteiger partial charge in [-0.15, -0.1) is 0 Å². The number of hydrogen-bond donors (Lipinski definition) is 2. The van der Waals surface area contributed by atoms with Crippen LogP contribution in [0.1, 0.15) is 37.4 Å². The fourth-order valence-corrected chi connectivity index (χ4v) is 2.84. The van der Waals surface area contributed by atoms with Crippen LogP contribution in [0.4, 0.5) is 5.82 Å². The first-order chi connectivity index (χ1) is 9.60. The number of hydrogen-bond acceptors (Lipinski definition) is 4. The van der Waals surface area contributed by atoms with Gasteiger partial charge in [0, 0.05) is 24.8 Å². The fourth-order valence-electron chi connectivity index (χ4n) is 2.68. The summed E-state index contributed by atoms with van der Waals surface area (Å²) in [5.74, 6) is 0.839. The molecule has 2 heterocycles. The molecule has 1 aromatic heterocycles. The van der Waals surface area contributed by atoms with Crippen LogP contribution in [0.15, 0.2) is 12.1 Å². The molecule has 0 aliphatic carbocycles. The van der Waals surface area contributed by atoms with Gasteiger partial charge in [-0.1, -0.05) is 19.1 Å². The minimum Gasteiger partial charge on any atom is -0.389 e. The topological polar surface area (TPSA) is 54.2 Å². The third-order valence-corrected chi connectivity index (χ3v) is 3.99. The molecule has 1 fully saturated rings. The number of aromatic nitrogens is 1. The number of piperidine rings is 1. The highest BCUT2D eigenvalue weighted by atomic mass is 32.1. The first-order valence-corrected chi connectivity index (χ1v) is 7.77. The molecule has 0 aromatic carbocycles. The van der Waals surface area contributed by atoms with Gasteiger partial charge in [-0.2, -0.15) is 0 Å².